The Labute approximate surface area is 160 Å². The first-order valence-corrected chi connectivity index (χ1v) is 9.98. The molecule has 0 unspecified atom stereocenters. The maximum atomic E-state index is 12.4. The molecule has 0 aliphatic carbocycles. The van der Waals surface area contributed by atoms with Gasteiger partial charge in [-0.1, -0.05) is 30.3 Å². The number of nitrogens with one attached hydrogen (secondary N) is 1. The summed E-state index contributed by atoms with van der Waals surface area (Å²) in [4.78, 5) is 39.4. The van der Waals surface area contributed by atoms with Gasteiger partial charge in [-0.25, -0.2) is 0 Å². The van der Waals surface area contributed by atoms with Crippen molar-refractivity contribution in [3.05, 3.63) is 35.9 Å². The minimum atomic E-state index is -0.107. The number of piperazine rings is 1. The SMILES string of the molecule is O=C1CN(C(=O)CCCC(=O)N2CCC(Cc3ccccc3)CC2)CCN1. The summed E-state index contributed by atoms with van der Waals surface area (Å²) in [6.45, 7) is 2.85. The highest BCUT2D eigenvalue weighted by molar-refractivity contribution is 5.86. The highest BCUT2D eigenvalue weighted by Crippen LogP contribution is 2.22. The first kappa shape index (κ1) is 19.4. The van der Waals surface area contributed by atoms with Crippen molar-refractivity contribution in [3.63, 3.8) is 0 Å². The number of carbonyl (C=O) groups is 3. The van der Waals surface area contributed by atoms with Gasteiger partial charge in [0.2, 0.25) is 17.7 Å². The second-order valence-corrected chi connectivity index (χ2v) is 7.53. The molecule has 0 aromatic heterocycles. The van der Waals surface area contributed by atoms with Crippen molar-refractivity contribution < 1.29 is 14.4 Å². The fourth-order valence-electron chi connectivity index (χ4n) is 3.89. The zero-order valence-corrected chi connectivity index (χ0v) is 15.9. The monoisotopic (exact) mass is 371 g/mol. The number of likely N-dealkylation sites (tertiary alicyclic amines) is 1. The topological polar surface area (TPSA) is 69.7 Å². The average molecular weight is 371 g/mol. The molecule has 0 saturated carbocycles. The molecule has 6 nitrogen and oxygen atoms in total. The van der Waals surface area contributed by atoms with Gasteiger partial charge in [-0.05, 0) is 37.2 Å². The molecule has 1 aromatic carbocycles. The highest BCUT2D eigenvalue weighted by Gasteiger charge is 2.24. The van der Waals surface area contributed by atoms with Crippen LogP contribution in [0, 0.1) is 5.92 Å². The van der Waals surface area contributed by atoms with Gasteiger partial charge in [-0.2, -0.15) is 0 Å². The smallest absolute Gasteiger partial charge is 0.239 e. The predicted octanol–water partition coefficient (Wildman–Crippen LogP) is 1.60. The molecule has 3 rings (SSSR count). The van der Waals surface area contributed by atoms with Gasteiger partial charge in [-0.15, -0.1) is 0 Å². The number of piperidine rings is 1. The summed E-state index contributed by atoms with van der Waals surface area (Å²) in [6, 6.07) is 10.5. The van der Waals surface area contributed by atoms with Gasteiger partial charge in [0.15, 0.2) is 0 Å². The quantitative estimate of drug-likeness (QED) is 0.826. The van der Waals surface area contributed by atoms with Crippen molar-refractivity contribution in [2.75, 3.05) is 32.7 Å². The Morgan fingerprint density at radius 1 is 0.963 bits per heavy atom. The molecule has 0 atom stereocenters. The van der Waals surface area contributed by atoms with Crippen LogP contribution in [0.25, 0.3) is 0 Å². The van der Waals surface area contributed by atoms with E-state index in [0.717, 1.165) is 32.4 Å². The Bertz CT molecular complexity index is 654. The second-order valence-electron chi connectivity index (χ2n) is 7.53. The van der Waals surface area contributed by atoms with Crippen LogP contribution >= 0.6 is 0 Å². The molecular weight excluding hydrogens is 342 g/mol. The van der Waals surface area contributed by atoms with E-state index in [0.29, 0.717) is 38.3 Å². The summed E-state index contributed by atoms with van der Waals surface area (Å²) in [5.41, 5.74) is 1.37. The molecule has 2 fully saturated rings. The number of nitrogens with zero attached hydrogens (tertiary/aromatic N) is 2. The number of hydrogen-bond donors (Lipinski definition) is 1. The van der Waals surface area contributed by atoms with Gasteiger partial charge < -0.3 is 15.1 Å². The fourth-order valence-corrected chi connectivity index (χ4v) is 3.89. The van der Waals surface area contributed by atoms with E-state index in [1.165, 1.54) is 5.56 Å². The zero-order valence-electron chi connectivity index (χ0n) is 15.9. The molecular formula is C21H29N3O3. The fraction of sp³-hybridized carbons (Fsp3) is 0.571. The molecule has 2 aliphatic rings. The molecule has 3 amide bonds. The standard InChI is InChI=1S/C21H29N3O3/c25-19-16-24(14-11-22-19)21(27)8-4-7-20(26)23-12-9-18(10-13-23)15-17-5-2-1-3-6-17/h1-3,5-6,18H,4,7-16H2,(H,22,25). The summed E-state index contributed by atoms with van der Waals surface area (Å²) in [7, 11) is 0. The summed E-state index contributed by atoms with van der Waals surface area (Å²) in [6.07, 6.45) is 4.48. The molecule has 1 aromatic rings. The predicted molar refractivity (Wildman–Crippen MR) is 103 cm³/mol. The van der Waals surface area contributed by atoms with Crippen LogP contribution in [0.2, 0.25) is 0 Å². The Balaban J connectivity index is 1.33. The van der Waals surface area contributed by atoms with Gasteiger partial charge in [0.1, 0.15) is 0 Å². The molecule has 2 heterocycles. The lowest BCUT2D eigenvalue weighted by Crippen LogP contribution is -2.49. The number of carbonyl (C=O) groups excluding carboxylic acids is 3. The van der Waals surface area contributed by atoms with Crippen LogP contribution in [0.15, 0.2) is 30.3 Å². The van der Waals surface area contributed by atoms with Gasteiger partial charge in [-0.3, -0.25) is 14.4 Å². The van der Waals surface area contributed by atoms with Gasteiger partial charge in [0.05, 0.1) is 6.54 Å². The van der Waals surface area contributed by atoms with Crippen LogP contribution in [0.5, 0.6) is 0 Å². The molecule has 146 valence electrons. The lowest BCUT2D eigenvalue weighted by molar-refractivity contribution is -0.138. The van der Waals surface area contributed by atoms with Crippen molar-refractivity contribution in [3.8, 4) is 0 Å². The maximum Gasteiger partial charge on any atom is 0.239 e. The Morgan fingerprint density at radius 3 is 2.30 bits per heavy atom. The van der Waals surface area contributed by atoms with Gasteiger partial charge >= 0.3 is 0 Å². The number of amides is 3. The van der Waals surface area contributed by atoms with E-state index in [-0.39, 0.29) is 24.3 Å². The van der Waals surface area contributed by atoms with Crippen molar-refractivity contribution >= 4 is 17.7 Å². The number of hydrogen-bond acceptors (Lipinski definition) is 3. The maximum absolute atomic E-state index is 12.4. The summed E-state index contributed by atoms with van der Waals surface area (Å²) in [5, 5.41) is 2.71. The van der Waals surface area contributed by atoms with Crippen LogP contribution in [-0.4, -0.2) is 60.2 Å². The first-order valence-electron chi connectivity index (χ1n) is 9.98. The molecule has 2 saturated heterocycles. The van der Waals surface area contributed by atoms with Gasteiger partial charge in [0.25, 0.3) is 0 Å². The minimum absolute atomic E-state index is 0.0285. The van der Waals surface area contributed by atoms with Crippen LogP contribution < -0.4 is 5.32 Å². The highest BCUT2D eigenvalue weighted by atomic mass is 16.2. The third-order valence-corrected chi connectivity index (χ3v) is 5.51. The summed E-state index contributed by atoms with van der Waals surface area (Å²) >= 11 is 0. The van der Waals surface area contributed by atoms with E-state index < -0.39 is 0 Å². The molecule has 0 spiro atoms. The molecule has 0 radical (unpaired) electrons. The van der Waals surface area contributed by atoms with Crippen molar-refractivity contribution in [2.45, 2.75) is 38.5 Å². The average Bonchev–Trinajstić information content (AvgIpc) is 2.69. The Kier molecular flexibility index (Phi) is 6.85. The largest absolute Gasteiger partial charge is 0.353 e. The van der Waals surface area contributed by atoms with Crippen LogP contribution in [0.3, 0.4) is 0 Å². The summed E-state index contributed by atoms with van der Waals surface area (Å²) in [5.74, 6) is 0.656. The molecule has 27 heavy (non-hydrogen) atoms. The van der Waals surface area contributed by atoms with E-state index in [2.05, 4.69) is 29.6 Å². The molecule has 2 aliphatic heterocycles. The Hall–Kier alpha value is -2.37. The normalized spacial score (nSPS) is 18.3. The van der Waals surface area contributed by atoms with E-state index in [4.69, 9.17) is 0 Å². The molecule has 6 heteroatoms. The van der Waals surface area contributed by atoms with Crippen molar-refractivity contribution in [2.24, 2.45) is 5.92 Å². The lowest BCUT2D eigenvalue weighted by atomic mass is 9.90. The van der Waals surface area contributed by atoms with Gasteiger partial charge in [0, 0.05) is 39.0 Å². The van der Waals surface area contributed by atoms with E-state index in [1.807, 2.05) is 11.0 Å². The van der Waals surface area contributed by atoms with E-state index in [9.17, 15) is 14.4 Å². The minimum Gasteiger partial charge on any atom is -0.353 e. The van der Waals surface area contributed by atoms with Crippen molar-refractivity contribution in [1.29, 1.82) is 0 Å². The van der Waals surface area contributed by atoms with Crippen molar-refractivity contribution in [1.82, 2.24) is 15.1 Å². The zero-order chi connectivity index (χ0) is 19.1. The second kappa shape index (κ2) is 9.53. The third kappa shape index (κ3) is 5.81. The third-order valence-electron chi connectivity index (χ3n) is 5.51. The Morgan fingerprint density at radius 2 is 1.63 bits per heavy atom. The summed E-state index contributed by atoms with van der Waals surface area (Å²) < 4.78 is 0. The number of benzene rings is 1. The molecule has 0 bridgehead atoms. The lowest BCUT2D eigenvalue weighted by Gasteiger charge is -2.32. The first-order chi connectivity index (χ1) is 13.1. The number of rotatable bonds is 6. The molecule has 1 N–H and O–H groups in total. The van der Waals surface area contributed by atoms with Crippen LogP contribution in [-0.2, 0) is 20.8 Å². The van der Waals surface area contributed by atoms with E-state index in [1.54, 1.807) is 4.90 Å². The van der Waals surface area contributed by atoms with Crippen LogP contribution in [0.4, 0.5) is 0 Å². The van der Waals surface area contributed by atoms with Crippen LogP contribution in [0.1, 0.15) is 37.7 Å². The van der Waals surface area contributed by atoms with E-state index >= 15 is 0 Å².